The lowest BCUT2D eigenvalue weighted by Gasteiger charge is -2.39. The quantitative estimate of drug-likeness (QED) is 0.821. The molecule has 116 valence electrons. The second-order valence-electron chi connectivity index (χ2n) is 7.37. The van der Waals surface area contributed by atoms with Crippen molar-refractivity contribution >= 4 is 11.6 Å². The zero-order valence-electron chi connectivity index (χ0n) is 13.0. The van der Waals surface area contributed by atoms with E-state index in [9.17, 15) is 4.39 Å². The average molecular weight is 310 g/mol. The maximum absolute atomic E-state index is 13.7. The molecule has 2 bridgehead atoms. The van der Waals surface area contributed by atoms with E-state index >= 15 is 0 Å². The highest BCUT2D eigenvalue weighted by molar-refractivity contribution is 6.31. The van der Waals surface area contributed by atoms with Gasteiger partial charge in [0.25, 0.3) is 0 Å². The minimum absolute atomic E-state index is 0.268. The van der Waals surface area contributed by atoms with E-state index in [0.29, 0.717) is 11.1 Å². The Labute approximate surface area is 132 Å². The van der Waals surface area contributed by atoms with Crippen molar-refractivity contribution in [3.8, 4) is 0 Å². The second-order valence-corrected chi connectivity index (χ2v) is 7.75. The van der Waals surface area contributed by atoms with Crippen molar-refractivity contribution < 1.29 is 4.39 Å². The van der Waals surface area contributed by atoms with Gasteiger partial charge in [-0.2, -0.15) is 0 Å². The summed E-state index contributed by atoms with van der Waals surface area (Å²) in [5.74, 6) is 1.36. The summed E-state index contributed by atoms with van der Waals surface area (Å²) in [5.41, 5.74) is 1.25. The van der Waals surface area contributed by atoms with Gasteiger partial charge in [0, 0.05) is 12.6 Å². The molecule has 1 aromatic carbocycles. The molecule has 21 heavy (non-hydrogen) atoms. The zero-order valence-corrected chi connectivity index (χ0v) is 13.7. The van der Waals surface area contributed by atoms with Crippen LogP contribution in [0.15, 0.2) is 18.2 Å². The molecule has 0 spiro atoms. The molecule has 2 aliphatic carbocycles. The van der Waals surface area contributed by atoms with Crippen LogP contribution >= 0.6 is 11.6 Å². The van der Waals surface area contributed by atoms with Crippen molar-refractivity contribution in [2.24, 2.45) is 17.3 Å². The highest BCUT2D eigenvalue weighted by Gasteiger charge is 2.50. The molecular formula is C18H25ClFN. The summed E-state index contributed by atoms with van der Waals surface area (Å²) in [6.45, 7) is 5.41. The minimum Gasteiger partial charge on any atom is -0.314 e. The van der Waals surface area contributed by atoms with Crippen molar-refractivity contribution in [2.45, 2.75) is 52.0 Å². The van der Waals surface area contributed by atoms with Gasteiger partial charge in [-0.3, -0.25) is 0 Å². The molecule has 2 aliphatic rings. The first-order valence-electron chi connectivity index (χ1n) is 8.16. The third-order valence-electron chi connectivity index (χ3n) is 5.54. The molecule has 3 unspecified atom stereocenters. The van der Waals surface area contributed by atoms with Crippen molar-refractivity contribution in [3.05, 3.63) is 34.6 Å². The van der Waals surface area contributed by atoms with Gasteiger partial charge >= 0.3 is 0 Å². The van der Waals surface area contributed by atoms with Gasteiger partial charge < -0.3 is 5.32 Å². The predicted molar refractivity (Wildman–Crippen MR) is 86.1 cm³/mol. The van der Waals surface area contributed by atoms with Crippen LogP contribution in [0.3, 0.4) is 0 Å². The Hall–Kier alpha value is -0.600. The molecule has 3 atom stereocenters. The van der Waals surface area contributed by atoms with Gasteiger partial charge in [-0.25, -0.2) is 4.39 Å². The third-order valence-corrected chi connectivity index (χ3v) is 5.96. The Morgan fingerprint density at radius 1 is 1.38 bits per heavy atom. The van der Waals surface area contributed by atoms with E-state index in [0.717, 1.165) is 30.4 Å². The summed E-state index contributed by atoms with van der Waals surface area (Å²) in [7, 11) is 0. The molecule has 0 aliphatic heterocycles. The van der Waals surface area contributed by atoms with Crippen molar-refractivity contribution in [1.29, 1.82) is 0 Å². The fourth-order valence-corrected chi connectivity index (χ4v) is 4.72. The molecule has 2 fully saturated rings. The highest BCUT2D eigenvalue weighted by Crippen LogP contribution is 2.57. The first-order valence-corrected chi connectivity index (χ1v) is 8.54. The largest absolute Gasteiger partial charge is 0.314 e. The van der Waals surface area contributed by atoms with Crippen LogP contribution in [0.5, 0.6) is 0 Å². The normalized spacial score (nSPS) is 31.3. The Kier molecular flexibility index (Phi) is 4.29. The Bertz CT molecular complexity index is 516. The number of fused-ring (bicyclic) bond motifs is 2. The lowest BCUT2D eigenvalue weighted by Crippen LogP contribution is -2.42. The van der Waals surface area contributed by atoms with E-state index in [-0.39, 0.29) is 11.2 Å². The van der Waals surface area contributed by atoms with Gasteiger partial charge in [0.1, 0.15) is 5.82 Å². The molecule has 0 saturated heterocycles. The van der Waals surface area contributed by atoms with Gasteiger partial charge in [-0.1, -0.05) is 44.0 Å². The van der Waals surface area contributed by atoms with Crippen LogP contribution in [0.25, 0.3) is 0 Å². The summed E-state index contributed by atoms with van der Waals surface area (Å²) in [6, 6.07) is 5.72. The van der Waals surface area contributed by atoms with Crippen LogP contribution in [0.1, 0.15) is 45.1 Å². The average Bonchev–Trinajstić information content (AvgIpc) is 3.03. The van der Waals surface area contributed by atoms with Gasteiger partial charge in [0.15, 0.2) is 0 Å². The Morgan fingerprint density at radius 2 is 2.19 bits per heavy atom. The molecule has 0 aromatic heterocycles. The second kappa shape index (κ2) is 5.89. The number of hydrogen-bond donors (Lipinski definition) is 1. The Balaban J connectivity index is 1.84. The van der Waals surface area contributed by atoms with E-state index < -0.39 is 0 Å². The molecule has 0 amide bonds. The van der Waals surface area contributed by atoms with E-state index in [1.807, 2.05) is 6.07 Å². The molecular weight excluding hydrogens is 285 g/mol. The maximum atomic E-state index is 13.7. The molecule has 2 saturated carbocycles. The molecule has 0 heterocycles. The van der Waals surface area contributed by atoms with Crippen LogP contribution in [0, 0.1) is 23.1 Å². The van der Waals surface area contributed by atoms with E-state index in [1.165, 1.54) is 31.7 Å². The van der Waals surface area contributed by atoms with Crippen molar-refractivity contribution in [3.63, 3.8) is 0 Å². The van der Waals surface area contributed by atoms with Gasteiger partial charge in [-0.05, 0) is 54.6 Å². The molecule has 3 rings (SSSR count). The predicted octanol–water partition coefficient (Wildman–Crippen LogP) is 4.83. The first kappa shape index (κ1) is 15.3. The number of nitrogens with one attached hydrogen (secondary N) is 1. The fraction of sp³-hybridized carbons (Fsp3) is 0.667. The number of hydrogen-bond acceptors (Lipinski definition) is 1. The van der Waals surface area contributed by atoms with Crippen LogP contribution in [-0.4, -0.2) is 12.6 Å². The van der Waals surface area contributed by atoms with Crippen LogP contribution in [-0.2, 0) is 6.42 Å². The summed E-state index contributed by atoms with van der Waals surface area (Å²) in [6.07, 6.45) is 6.24. The number of benzene rings is 1. The van der Waals surface area contributed by atoms with Crippen molar-refractivity contribution in [1.82, 2.24) is 5.32 Å². The first-order chi connectivity index (χ1) is 10.00. The molecule has 1 aromatic rings. The van der Waals surface area contributed by atoms with Crippen LogP contribution in [0.2, 0.25) is 5.02 Å². The highest BCUT2D eigenvalue weighted by atomic mass is 35.5. The van der Waals surface area contributed by atoms with E-state index in [4.69, 9.17) is 11.6 Å². The van der Waals surface area contributed by atoms with E-state index in [2.05, 4.69) is 19.2 Å². The summed E-state index contributed by atoms with van der Waals surface area (Å²) >= 11 is 6.20. The van der Waals surface area contributed by atoms with Crippen LogP contribution in [0.4, 0.5) is 4.39 Å². The van der Waals surface area contributed by atoms with Gasteiger partial charge in [0.2, 0.25) is 0 Å². The Morgan fingerprint density at radius 3 is 2.81 bits per heavy atom. The smallest absolute Gasteiger partial charge is 0.142 e. The molecule has 1 nitrogen and oxygen atoms in total. The monoisotopic (exact) mass is 309 g/mol. The van der Waals surface area contributed by atoms with Gasteiger partial charge in [0.05, 0.1) is 5.02 Å². The lowest BCUT2D eigenvalue weighted by molar-refractivity contribution is 0.152. The summed E-state index contributed by atoms with van der Waals surface area (Å²) in [5, 5.41) is 3.95. The third kappa shape index (κ3) is 2.98. The van der Waals surface area contributed by atoms with E-state index in [1.54, 1.807) is 6.07 Å². The summed E-state index contributed by atoms with van der Waals surface area (Å²) in [4.78, 5) is 0. The maximum Gasteiger partial charge on any atom is 0.142 e. The number of halogens is 2. The molecule has 0 radical (unpaired) electrons. The van der Waals surface area contributed by atoms with Crippen LogP contribution < -0.4 is 5.32 Å². The standard InChI is InChI=1S/C18H25ClFN/c1-12(2)21-11-18(9-13-6-7-15(18)8-13)10-14-4-3-5-16(20)17(14)19/h3-5,12-13,15,21H,6-11H2,1-2H3. The summed E-state index contributed by atoms with van der Waals surface area (Å²) < 4.78 is 13.7. The lowest BCUT2D eigenvalue weighted by atomic mass is 9.69. The molecule has 3 heteroatoms. The fourth-order valence-electron chi connectivity index (χ4n) is 4.53. The van der Waals surface area contributed by atoms with Gasteiger partial charge in [-0.15, -0.1) is 0 Å². The minimum atomic E-state index is -0.288. The van der Waals surface area contributed by atoms with Crippen molar-refractivity contribution in [2.75, 3.05) is 6.54 Å². The molecule has 1 N–H and O–H groups in total. The zero-order chi connectivity index (χ0) is 15.0. The SMILES string of the molecule is CC(C)NCC1(Cc2cccc(F)c2Cl)CC2CCC1C2. The number of rotatable bonds is 5. The topological polar surface area (TPSA) is 12.0 Å².